The van der Waals surface area contributed by atoms with Gasteiger partial charge in [0.2, 0.25) is 0 Å². The van der Waals surface area contributed by atoms with Crippen LogP contribution in [0, 0.1) is 0 Å². The van der Waals surface area contributed by atoms with Gasteiger partial charge >= 0.3 is 0 Å². The number of hydrogen-bond acceptors (Lipinski definition) is 3. The maximum absolute atomic E-state index is 12.8. The zero-order valence-corrected chi connectivity index (χ0v) is 16.0. The number of carbonyl (C=O) groups excluding carboxylic acids is 2. The van der Waals surface area contributed by atoms with Gasteiger partial charge in [0.15, 0.2) is 11.9 Å². The molecule has 0 spiro atoms. The van der Waals surface area contributed by atoms with Crippen LogP contribution in [0.2, 0.25) is 0 Å². The molecule has 0 bridgehead atoms. The Labute approximate surface area is 165 Å². The Morgan fingerprint density at radius 3 is 2.29 bits per heavy atom. The van der Waals surface area contributed by atoms with E-state index >= 15 is 0 Å². The zero-order valence-electron chi connectivity index (χ0n) is 16.0. The van der Waals surface area contributed by atoms with Crippen molar-refractivity contribution in [3.8, 4) is 5.75 Å². The first-order chi connectivity index (χ1) is 13.6. The van der Waals surface area contributed by atoms with Gasteiger partial charge in [0.05, 0.1) is 5.69 Å². The van der Waals surface area contributed by atoms with Crippen molar-refractivity contribution >= 4 is 17.4 Å². The second kappa shape index (κ2) is 9.00. The number of ether oxygens (including phenoxy) is 1. The first kappa shape index (κ1) is 19.4. The normalized spacial score (nSPS) is 11.5. The van der Waals surface area contributed by atoms with E-state index in [9.17, 15) is 9.59 Å². The summed E-state index contributed by atoms with van der Waals surface area (Å²) in [5.74, 6) is 0.252. The number of hydrogen-bond donors (Lipinski definition) is 1. The molecule has 0 heterocycles. The molecular formula is C24H23NO3. The van der Waals surface area contributed by atoms with Crippen molar-refractivity contribution in [2.45, 2.75) is 26.4 Å². The Balaban J connectivity index is 1.76. The van der Waals surface area contributed by atoms with E-state index in [0.29, 0.717) is 22.6 Å². The van der Waals surface area contributed by atoms with Crippen molar-refractivity contribution in [1.29, 1.82) is 0 Å². The minimum absolute atomic E-state index is 0.138. The van der Waals surface area contributed by atoms with Crippen molar-refractivity contribution in [1.82, 2.24) is 0 Å². The minimum Gasteiger partial charge on any atom is -0.481 e. The van der Waals surface area contributed by atoms with E-state index < -0.39 is 6.10 Å². The highest BCUT2D eigenvalue weighted by atomic mass is 16.5. The average Bonchev–Trinajstić information content (AvgIpc) is 2.74. The minimum atomic E-state index is -0.701. The number of ketones is 1. The summed E-state index contributed by atoms with van der Waals surface area (Å²) in [6, 6.07) is 23.7. The third-order valence-corrected chi connectivity index (χ3v) is 4.49. The van der Waals surface area contributed by atoms with Crippen molar-refractivity contribution < 1.29 is 14.3 Å². The molecule has 3 aromatic rings. The lowest BCUT2D eigenvalue weighted by Gasteiger charge is -2.18. The van der Waals surface area contributed by atoms with Gasteiger partial charge in [0.1, 0.15) is 5.75 Å². The Hall–Kier alpha value is -3.40. The number of amides is 1. The summed E-state index contributed by atoms with van der Waals surface area (Å²) in [5, 5.41) is 2.83. The number of benzene rings is 3. The Bertz CT molecular complexity index is 966. The van der Waals surface area contributed by atoms with E-state index in [1.165, 1.54) is 0 Å². The predicted octanol–water partition coefficient (Wildman–Crippen LogP) is 4.89. The van der Waals surface area contributed by atoms with Crippen molar-refractivity contribution in [2.75, 3.05) is 5.32 Å². The number of aryl methyl sites for hydroxylation is 1. The molecule has 0 aromatic heterocycles. The second-order valence-corrected chi connectivity index (χ2v) is 6.45. The van der Waals surface area contributed by atoms with Gasteiger partial charge in [-0.1, -0.05) is 67.6 Å². The molecule has 1 atom stereocenters. The molecule has 0 radical (unpaired) electrons. The second-order valence-electron chi connectivity index (χ2n) is 6.45. The van der Waals surface area contributed by atoms with Crippen LogP contribution in [0.3, 0.4) is 0 Å². The fourth-order valence-electron chi connectivity index (χ4n) is 2.92. The highest BCUT2D eigenvalue weighted by Gasteiger charge is 2.19. The van der Waals surface area contributed by atoms with Gasteiger partial charge in [-0.15, -0.1) is 0 Å². The number of para-hydroxylation sites is 2. The summed E-state index contributed by atoms with van der Waals surface area (Å²) in [4.78, 5) is 25.5. The third-order valence-electron chi connectivity index (χ3n) is 4.49. The van der Waals surface area contributed by atoms with E-state index in [0.717, 1.165) is 12.0 Å². The first-order valence-corrected chi connectivity index (χ1v) is 9.34. The lowest BCUT2D eigenvalue weighted by atomic mass is 10.0. The first-order valence-electron chi connectivity index (χ1n) is 9.34. The van der Waals surface area contributed by atoms with Crippen LogP contribution in [0.5, 0.6) is 5.75 Å². The molecule has 0 fully saturated rings. The highest BCUT2D eigenvalue weighted by Crippen LogP contribution is 2.22. The molecule has 0 aliphatic carbocycles. The molecule has 4 nitrogen and oxygen atoms in total. The molecule has 0 unspecified atom stereocenters. The van der Waals surface area contributed by atoms with Crippen LogP contribution >= 0.6 is 0 Å². The van der Waals surface area contributed by atoms with Gasteiger partial charge in [-0.25, -0.2) is 0 Å². The summed E-state index contributed by atoms with van der Waals surface area (Å²) in [6.07, 6.45) is 0.117. The van der Waals surface area contributed by atoms with Gasteiger partial charge in [-0.2, -0.15) is 0 Å². The van der Waals surface area contributed by atoms with Gasteiger partial charge in [0.25, 0.3) is 5.91 Å². The topological polar surface area (TPSA) is 55.4 Å². The van der Waals surface area contributed by atoms with Gasteiger partial charge in [-0.3, -0.25) is 9.59 Å². The zero-order chi connectivity index (χ0) is 19.9. The number of nitrogens with one attached hydrogen (secondary N) is 1. The standard InChI is InChI=1S/C24H23NO3/c1-3-18-11-7-10-16-22(18)28-17(2)24(27)25-21-15-9-8-14-20(21)23(26)19-12-5-4-6-13-19/h4-17H,3H2,1-2H3,(H,25,27)/t17-/m1/s1. The lowest BCUT2D eigenvalue weighted by molar-refractivity contribution is -0.122. The SMILES string of the molecule is CCc1ccccc1O[C@H](C)C(=O)Nc1ccccc1C(=O)c1ccccc1. The fraction of sp³-hybridized carbons (Fsp3) is 0.167. The predicted molar refractivity (Wildman–Crippen MR) is 111 cm³/mol. The van der Waals surface area contributed by atoms with Crippen molar-refractivity contribution in [3.05, 3.63) is 95.6 Å². The summed E-state index contributed by atoms with van der Waals surface area (Å²) in [7, 11) is 0. The van der Waals surface area contributed by atoms with E-state index in [1.807, 2.05) is 49.4 Å². The molecule has 28 heavy (non-hydrogen) atoms. The molecule has 0 aliphatic rings. The maximum atomic E-state index is 12.8. The third kappa shape index (κ3) is 4.46. The molecule has 1 amide bonds. The Morgan fingerprint density at radius 2 is 1.54 bits per heavy atom. The molecule has 3 aromatic carbocycles. The molecule has 0 saturated heterocycles. The summed E-state index contributed by atoms with van der Waals surface area (Å²) in [5.41, 5.74) is 2.54. The maximum Gasteiger partial charge on any atom is 0.265 e. The monoisotopic (exact) mass is 373 g/mol. The summed E-state index contributed by atoms with van der Waals surface area (Å²) < 4.78 is 5.86. The quantitative estimate of drug-likeness (QED) is 0.600. The van der Waals surface area contributed by atoms with Gasteiger partial charge < -0.3 is 10.1 Å². The number of anilines is 1. The fourth-order valence-corrected chi connectivity index (χ4v) is 2.92. The molecular weight excluding hydrogens is 350 g/mol. The van der Waals surface area contributed by atoms with E-state index in [4.69, 9.17) is 4.74 Å². The smallest absolute Gasteiger partial charge is 0.265 e. The Morgan fingerprint density at radius 1 is 0.893 bits per heavy atom. The summed E-state index contributed by atoms with van der Waals surface area (Å²) >= 11 is 0. The lowest BCUT2D eigenvalue weighted by Crippen LogP contribution is -2.31. The molecule has 0 saturated carbocycles. The molecule has 142 valence electrons. The Kier molecular flexibility index (Phi) is 6.22. The van der Waals surface area contributed by atoms with Crippen LogP contribution < -0.4 is 10.1 Å². The van der Waals surface area contributed by atoms with Crippen LogP contribution in [0.4, 0.5) is 5.69 Å². The van der Waals surface area contributed by atoms with E-state index in [-0.39, 0.29) is 11.7 Å². The van der Waals surface area contributed by atoms with E-state index in [1.54, 1.807) is 43.3 Å². The number of rotatable bonds is 7. The highest BCUT2D eigenvalue weighted by molar-refractivity contribution is 6.14. The van der Waals surface area contributed by atoms with Crippen LogP contribution in [-0.2, 0) is 11.2 Å². The van der Waals surface area contributed by atoms with E-state index in [2.05, 4.69) is 5.32 Å². The average molecular weight is 373 g/mol. The summed E-state index contributed by atoms with van der Waals surface area (Å²) in [6.45, 7) is 3.74. The van der Waals surface area contributed by atoms with Crippen LogP contribution in [0.25, 0.3) is 0 Å². The molecule has 3 rings (SSSR count). The molecule has 0 aliphatic heterocycles. The van der Waals surface area contributed by atoms with Gasteiger partial charge in [0, 0.05) is 11.1 Å². The van der Waals surface area contributed by atoms with Crippen LogP contribution in [-0.4, -0.2) is 17.8 Å². The van der Waals surface area contributed by atoms with Crippen LogP contribution in [0.1, 0.15) is 35.3 Å². The molecule has 1 N–H and O–H groups in total. The largest absolute Gasteiger partial charge is 0.481 e. The van der Waals surface area contributed by atoms with Crippen molar-refractivity contribution in [2.24, 2.45) is 0 Å². The van der Waals surface area contributed by atoms with Crippen LogP contribution in [0.15, 0.2) is 78.9 Å². The van der Waals surface area contributed by atoms with Gasteiger partial charge in [-0.05, 0) is 37.1 Å². The van der Waals surface area contributed by atoms with Crippen molar-refractivity contribution in [3.63, 3.8) is 0 Å². The molecule has 4 heteroatoms. The number of carbonyl (C=O) groups is 2.